The van der Waals surface area contributed by atoms with Crippen LogP contribution in [0.15, 0.2) is 4.42 Å². The summed E-state index contributed by atoms with van der Waals surface area (Å²) in [6.07, 6.45) is 0. The first kappa shape index (κ1) is 13.9. The number of nitrogens with zero attached hydrogens (tertiary/aromatic N) is 2. The van der Waals surface area contributed by atoms with E-state index in [4.69, 9.17) is 9.56 Å². The van der Waals surface area contributed by atoms with Gasteiger partial charge in [-0.2, -0.15) is 0 Å². The Morgan fingerprint density at radius 2 is 2.12 bits per heavy atom. The molecule has 0 spiro atoms. The monoisotopic (exact) mass is 263 g/mol. The van der Waals surface area contributed by atoms with E-state index < -0.39 is 10.0 Å². The highest BCUT2D eigenvalue weighted by molar-refractivity contribution is 7.89. The summed E-state index contributed by atoms with van der Waals surface area (Å²) in [4.78, 5) is 0. The highest BCUT2D eigenvalue weighted by atomic mass is 32.2. The van der Waals surface area contributed by atoms with Gasteiger partial charge >= 0.3 is 6.01 Å². The van der Waals surface area contributed by atoms with Gasteiger partial charge < -0.3 is 15.1 Å². The number of sulfonamides is 1. The maximum atomic E-state index is 10.7. The molecule has 98 valence electrons. The van der Waals surface area contributed by atoms with Crippen molar-refractivity contribution in [3.63, 3.8) is 0 Å². The fourth-order valence-corrected chi connectivity index (χ4v) is 1.37. The Balaban J connectivity index is 2.35. The minimum atomic E-state index is -3.47. The number of nitrogens with one attached hydrogen (secondary N) is 2. The Hall–Kier alpha value is -1.19. The largest absolute Gasteiger partial charge is 0.407 e. The molecule has 17 heavy (non-hydrogen) atoms. The van der Waals surface area contributed by atoms with Crippen molar-refractivity contribution < 1.29 is 12.8 Å². The molecule has 1 heterocycles. The number of aromatic nitrogens is 2. The maximum Gasteiger partial charge on any atom is 0.315 e. The lowest BCUT2D eigenvalue weighted by Crippen LogP contribution is -2.22. The molecule has 0 unspecified atom stereocenters. The Morgan fingerprint density at radius 3 is 2.71 bits per heavy atom. The molecule has 1 aromatic heterocycles. The molecule has 0 amide bonds. The first-order chi connectivity index (χ1) is 7.87. The number of nitrogens with two attached hydrogens (primary N) is 1. The zero-order valence-electron chi connectivity index (χ0n) is 9.80. The lowest BCUT2D eigenvalue weighted by Gasteiger charge is -2.03. The second-order valence-electron chi connectivity index (χ2n) is 3.83. The van der Waals surface area contributed by atoms with Crippen LogP contribution >= 0.6 is 0 Å². The number of hydrogen-bond donors (Lipinski definition) is 3. The Bertz CT molecular complexity index is 442. The van der Waals surface area contributed by atoms with Crippen LogP contribution in [-0.4, -0.2) is 37.0 Å². The van der Waals surface area contributed by atoms with Crippen LogP contribution in [0.3, 0.4) is 0 Å². The summed E-state index contributed by atoms with van der Waals surface area (Å²) in [5, 5.41) is 18.1. The predicted octanol–water partition coefficient (Wildman–Crippen LogP) is -0.732. The number of anilines is 1. The van der Waals surface area contributed by atoms with Crippen LogP contribution in [0.2, 0.25) is 0 Å². The molecule has 0 aliphatic rings. The molecule has 0 aliphatic carbocycles. The molecule has 9 heteroatoms. The molecule has 0 saturated carbocycles. The molecule has 1 aromatic rings. The summed E-state index contributed by atoms with van der Waals surface area (Å²) < 4.78 is 26.5. The van der Waals surface area contributed by atoms with E-state index in [0.29, 0.717) is 18.5 Å². The molecular weight excluding hydrogens is 246 g/mol. The zero-order chi connectivity index (χ0) is 12.9. The van der Waals surface area contributed by atoms with E-state index in [0.717, 1.165) is 0 Å². The van der Waals surface area contributed by atoms with Crippen molar-refractivity contribution in [1.29, 1.82) is 0 Å². The summed E-state index contributed by atoms with van der Waals surface area (Å²) in [5.74, 6) is 0.256. The number of hydrogen-bond acceptors (Lipinski definition) is 7. The van der Waals surface area contributed by atoms with Gasteiger partial charge in [0.05, 0.1) is 12.3 Å². The summed E-state index contributed by atoms with van der Waals surface area (Å²) in [6, 6.07) is 0.509. The van der Waals surface area contributed by atoms with Gasteiger partial charge in [0.2, 0.25) is 15.9 Å². The van der Waals surface area contributed by atoms with Crippen LogP contribution in [0.1, 0.15) is 19.7 Å². The third-order valence-electron chi connectivity index (χ3n) is 1.79. The lowest BCUT2D eigenvalue weighted by atomic mass is 10.4. The molecule has 4 N–H and O–H groups in total. The van der Waals surface area contributed by atoms with Crippen LogP contribution in [0.5, 0.6) is 0 Å². The highest BCUT2D eigenvalue weighted by Gasteiger charge is 2.07. The van der Waals surface area contributed by atoms with E-state index in [1.165, 1.54) is 0 Å². The minimum Gasteiger partial charge on any atom is -0.407 e. The summed E-state index contributed by atoms with van der Waals surface area (Å²) in [5.41, 5.74) is 0. The highest BCUT2D eigenvalue weighted by Crippen LogP contribution is 2.04. The van der Waals surface area contributed by atoms with E-state index in [1.807, 2.05) is 13.8 Å². The smallest absolute Gasteiger partial charge is 0.315 e. The molecule has 0 atom stereocenters. The summed E-state index contributed by atoms with van der Waals surface area (Å²) >= 11 is 0. The Morgan fingerprint density at radius 1 is 1.41 bits per heavy atom. The quantitative estimate of drug-likeness (QED) is 0.592. The Kier molecular flexibility index (Phi) is 4.85. The van der Waals surface area contributed by atoms with Gasteiger partial charge in [-0.15, -0.1) is 5.10 Å². The molecule has 1 rings (SSSR count). The van der Waals surface area contributed by atoms with E-state index in [-0.39, 0.29) is 18.3 Å². The van der Waals surface area contributed by atoms with Gasteiger partial charge in [-0.1, -0.05) is 18.9 Å². The third-order valence-corrected chi connectivity index (χ3v) is 2.56. The summed E-state index contributed by atoms with van der Waals surface area (Å²) in [7, 11) is -3.47. The first-order valence-electron chi connectivity index (χ1n) is 5.17. The number of primary sulfonamides is 1. The molecule has 0 aliphatic heterocycles. The zero-order valence-corrected chi connectivity index (χ0v) is 10.6. The Labute approximate surface area is 100 Å². The maximum absolute atomic E-state index is 10.7. The molecule has 0 aromatic carbocycles. The van der Waals surface area contributed by atoms with Crippen LogP contribution in [0.4, 0.5) is 6.01 Å². The first-order valence-corrected chi connectivity index (χ1v) is 6.88. The van der Waals surface area contributed by atoms with E-state index in [2.05, 4.69) is 20.8 Å². The SMILES string of the molecule is CC(C)NCc1nnc(NCCS(N)(=O)=O)o1. The van der Waals surface area contributed by atoms with Crippen molar-refractivity contribution in [2.45, 2.75) is 26.4 Å². The van der Waals surface area contributed by atoms with Gasteiger partial charge in [-0.25, -0.2) is 13.6 Å². The third kappa shape index (κ3) is 6.19. The van der Waals surface area contributed by atoms with Crippen molar-refractivity contribution in [2.75, 3.05) is 17.6 Å². The second kappa shape index (κ2) is 5.94. The average Bonchev–Trinajstić information content (AvgIpc) is 2.61. The van der Waals surface area contributed by atoms with Crippen molar-refractivity contribution in [3.8, 4) is 0 Å². The van der Waals surface area contributed by atoms with Crippen molar-refractivity contribution in [3.05, 3.63) is 5.89 Å². The number of rotatable bonds is 7. The summed E-state index contributed by atoms with van der Waals surface area (Å²) in [6.45, 7) is 4.61. The van der Waals surface area contributed by atoms with Gasteiger partial charge in [0.15, 0.2) is 0 Å². The molecule has 0 radical (unpaired) electrons. The van der Waals surface area contributed by atoms with Crippen LogP contribution in [-0.2, 0) is 16.6 Å². The van der Waals surface area contributed by atoms with Crippen LogP contribution in [0.25, 0.3) is 0 Å². The van der Waals surface area contributed by atoms with Gasteiger partial charge in [-0.05, 0) is 0 Å². The molecule has 0 bridgehead atoms. The van der Waals surface area contributed by atoms with E-state index in [1.54, 1.807) is 0 Å². The minimum absolute atomic E-state index is 0.137. The lowest BCUT2D eigenvalue weighted by molar-refractivity contribution is 0.459. The fraction of sp³-hybridized carbons (Fsp3) is 0.750. The fourth-order valence-electron chi connectivity index (χ4n) is 0.988. The topological polar surface area (TPSA) is 123 Å². The standard InChI is InChI=1S/C8H17N5O3S/c1-6(2)11-5-7-12-13-8(16-7)10-3-4-17(9,14)15/h6,11H,3-5H2,1-2H3,(H,10,13)(H2,9,14,15). The average molecular weight is 263 g/mol. The molecule has 0 fully saturated rings. The van der Waals surface area contributed by atoms with Gasteiger partial charge in [0.1, 0.15) is 0 Å². The molecule has 8 nitrogen and oxygen atoms in total. The molecule has 0 saturated heterocycles. The molecular formula is C8H17N5O3S. The van der Waals surface area contributed by atoms with Crippen LogP contribution in [0, 0.1) is 0 Å². The van der Waals surface area contributed by atoms with Crippen molar-refractivity contribution >= 4 is 16.0 Å². The van der Waals surface area contributed by atoms with Gasteiger partial charge in [0, 0.05) is 12.6 Å². The van der Waals surface area contributed by atoms with Crippen molar-refractivity contribution in [2.24, 2.45) is 5.14 Å². The van der Waals surface area contributed by atoms with Crippen molar-refractivity contribution in [1.82, 2.24) is 15.5 Å². The van der Waals surface area contributed by atoms with Gasteiger partial charge in [0.25, 0.3) is 0 Å². The predicted molar refractivity (Wildman–Crippen MR) is 62.7 cm³/mol. The normalized spacial score (nSPS) is 12.0. The van der Waals surface area contributed by atoms with Gasteiger partial charge in [-0.3, -0.25) is 0 Å². The van der Waals surface area contributed by atoms with Crippen LogP contribution < -0.4 is 15.8 Å². The van der Waals surface area contributed by atoms with E-state index in [9.17, 15) is 8.42 Å². The van der Waals surface area contributed by atoms with E-state index >= 15 is 0 Å². The second-order valence-corrected chi connectivity index (χ2v) is 5.56.